The van der Waals surface area contributed by atoms with Gasteiger partial charge in [-0.2, -0.15) is 0 Å². The van der Waals surface area contributed by atoms with Crippen molar-refractivity contribution in [1.29, 1.82) is 0 Å². The Morgan fingerprint density at radius 3 is 2.00 bits per heavy atom. The number of hydrogen-bond donors (Lipinski definition) is 3. The summed E-state index contributed by atoms with van der Waals surface area (Å²) in [5.41, 5.74) is -0.766. The quantitative estimate of drug-likeness (QED) is 0.426. The molecule has 0 aliphatic heterocycles. The summed E-state index contributed by atoms with van der Waals surface area (Å²) in [7, 11) is 0. The van der Waals surface area contributed by atoms with E-state index in [0.717, 1.165) is 44.9 Å². The molecule has 0 spiro atoms. The van der Waals surface area contributed by atoms with E-state index in [0.29, 0.717) is 26.1 Å². The Kier molecular flexibility index (Phi) is 12.7. The molecule has 4 heteroatoms. The highest BCUT2D eigenvalue weighted by Gasteiger charge is 2.26. The summed E-state index contributed by atoms with van der Waals surface area (Å²) in [5, 5.41) is 28.1. The largest absolute Gasteiger partial charge is 0.396 e. The molecule has 0 aromatic carbocycles. The van der Waals surface area contributed by atoms with E-state index in [9.17, 15) is 5.11 Å². The van der Waals surface area contributed by atoms with Crippen LogP contribution in [0, 0.1) is 0 Å². The fraction of sp³-hybridized carbons (Fsp3) is 1.00. The Bertz CT molecular complexity index is 173. The number of aliphatic hydroxyl groups excluding tert-OH is 2. The molecule has 0 bridgehead atoms. The number of ether oxygens (including phenoxy) is 1. The Hall–Kier alpha value is -0.160. The highest BCUT2D eigenvalue weighted by molar-refractivity contribution is 4.78. The Balaban J connectivity index is 3.96. The van der Waals surface area contributed by atoms with Gasteiger partial charge in [0, 0.05) is 19.8 Å². The monoisotopic (exact) mass is 276 g/mol. The molecule has 1 unspecified atom stereocenters. The lowest BCUT2D eigenvalue weighted by molar-refractivity contribution is -0.0606. The van der Waals surface area contributed by atoms with Gasteiger partial charge in [-0.3, -0.25) is 0 Å². The molecule has 0 aliphatic rings. The van der Waals surface area contributed by atoms with Crippen molar-refractivity contribution in [1.82, 2.24) is 0 Å². The highest BCUT2D eigenvalue weighted by atomic mass is 16.5. The molecule has 0 aromatic rings. The molecule has 0 aliphatic carbocycles. The van der Waals surface area contributed by atoms with Crippen molar-refractivity contribution < 1.29 is 20.1 Å². The van der Waals surface area contributed by atoms with Gasteiger partial charge in [-0.1, -0.05) is 26.2 Å². The third-order valence-electron chi connectivity index (χ3n) is 3.36. The van der Waals surface area contributed by atoms with Crippen LogP contribution in [0.15, 0.2) is 0 Å². The molecule has 116 valence electrons. The second-order valence-corrected chi connectivity index (χ2v) is 5.35. The molecule has 0 heterocycles. The SMILES string of the molecule is CCCCOCC(O)(CCCCO)CCCCCO. The summed E-state index contributed by atoms with van der Waals surface area (Å²) in [6.07, 6.45) is 7.71. The van der Waals surface area contributed by atoms with Gasteiger partial charge in [0.1, 0.15) is 0 Å². The van der Waals surface area contributed by atoms with E-state index in [2.05, 4.69) is 6.92 Å². The summed E-state index contributed by atoms with van der Waals surface area (Å²) < 4.78 is 5.57. The zero-order chi connectivity index (χ0) is 14.4. The maximum atomic E-state index is 10.6. The van der Waals surface area contributed by atoms with E-state index < -0.39 is 5.60 Å². The minimum atomic E-state index is -0.766. The first-order chi connectivity index (χ1) is 9.18. The second kappa shape index (κ2) is 12.9. The van der Waals surface area contributed by atoms with E-state index in [1.54, 1.807) is 0 Å². The fourth-order valence-corrected chi connectivity index (χ4v) is 2.09. The van der Waals surface area contributed by atoms with Crippen LogP contribution < -0.4 is 0 Å². The number of aliphatic hydroxyl groups is 3. The Morgan fingerprint density at radius 2 is 1.42 bits per heavy atom. The molecule has 0 aromatic heterocycles. The number of rotatable bonds is 14. The Labute approximate surface area is 117 Å². The molecule has 0 rings (SSSR count). The maximum Gasteiger partial charge on any atom is 0.0880 e. The van der Waals surface area contributed by atoms with Crippen LogP contribution in [-0.4, -0.2) is 47.3 Å². The van der Waals surface area contributed by atoms with E-state index in [1.165, 1.54) is 0 Å². The van der Waals surface area contributed by atoms with Gasteiger partial charge in [-0.15, -0.1) is 0 Å². The summed E-state index contributed by atoms with van der Waals surface area (Å²) in [6, 6.07) is 0. The fourth-order valence-electron chi connectivity index (χ4n) is 2.09. The molecule has 0 amide bonds. The van der Waals surface area contributed by atoms with Crippen molar-refractivity contribution >= 4 is 0 Å². The lowest BCUT2D eigenvalue weighted by atomic mass is 9.91. The lowest BCUT2D eigenvalue weighted by Gasteiger charge is -2.28. The molecule has 4 nitrogen and oxygen atoms in total. The molecule has 0 saturated heterocycles. The van der Waals surface area contributed by atoms with Gasteiger partial charge < -0.3 is 20.1 Å². The lowest BCUT2D eigenvalue weighted by Crippen LogP contribution is -2.35. The zero-order valence-electron chi connectivity index (χ0n) is 12.4. The van der Waals surface area contributed by atoms with Crippen molar-refractivity contribution in [2.75, 3.05) is 26.4 Å². The van der Waals surface area contributed by atoms with Crippen molar-refractivity contribution in [3.8, 4) is 0 Å². The molecular weight excluding hydrogens is 244 g/mol. The standard InChI is InChI=1S/C15H32O4/c1-2-3-13-19-14-15(18,10-6-8-12-17)9-5-4-7-11-16/h16-18H,2-14H2,1H3. The third-order valence-corrected chi connectivity index (χ3v) is 3.36. The van der Waals surface area contributed by atoms with Crippen LogP contribution in [0.3, 0.4) is 0 Å². The predicted molar refractivity (Wildman–Crippen MR) is 77.2 cm³/mol. The van der Waals surface area contributed by atoms with Crippen LogP contribution in [0.1, 0.15) is 64.7 Å². The normalized spacial score (nSPS) is 14.5. The molecule has 19 heavy (non-hydrogen) atoms. The van der Waals surface area contributed by atoms with Gasteiger partial charge >= 0.3 is 0 Å². The number of hydrogen-bond acceptors (Lipinski definition) is 4. The average Bonchev–Trinajstić information content (AvgIpc) is 2.41. The predicted octanol–water partition coefficient (Wildman–Crippen LogP) is 2.25. The van der Waals surface area contributed by atoms with Crippen LogP contribution in [-0.2, 0) is 4.74 Å². The van der Waals surface area contributed by atoms with Crippen molar-refractivity contribution in [2.45, 2.75) is 70.3 Å². The van der Waals surface area contributed by atoms with Gasteiger partial charge in [0.25, 0.3) is 0 Å². The van der Waals surface area contributed by atoms with Crippen molar-refractivity contribution in [2.24, 2.45) is 0 Å². The third kappa shape index (κ3) is 11.4. The highest BCUT2D eigenvalue weighted by Crippen LogP contribution is 2.22. The summed E-state index contributed by atoms with van der Waals surface area (Å²) >= 11 is 0. The summed E-state index contributed by atoms with van der Waals surface area (Å²) in [6.45, 7) is 3.60. The molecule has 3 N–H and O–H groups in total. The number of unbranched alkanes of at least 4 members (excludes halogenated alkanes) is 4. The summed E-state index contributed by atoms with van der Waals surface area (Å²) in [4.78, 5) is 0. The maximum absolute atomic E-state index is 10.6. The van der Waals surface area contributed by atoms with Gasteiger partial charge in [0.2, 0.25) is 0 Å². The van der Waals surface area contributed by atoms with Gasteiger partial charge in [0.05, 0.1) is 12.2 Å². The summed E-state index contributed by atoms with van der Waals surface area (Å²) in [5.74, 6) is 0. The molecule has 0 radical (unpaired) electrons. The topological polar surface area (TPSA) is 69.9 Å². The zero-order valence-corrected chi connectivity index (χ0v) is 12.4. The minimum absolute atomic E-state index is 0.178. The Morgan fingerprint density at radius 1 is 0.842 bits per heavy atom. The van der Waals surface area contributed by atoms with E-state index in [4.69, 9.17) is 14.9 Å². The van der Waals surface area contributed by atoms with Gasteiger partial charge in [0.15, 0.2) is 0 Å². The van der Waals surface area contributed by atoms with Crippen LogP contribution in [0.25, 0.3) is 0 Å². The van der Waals surface area contributed by atoms with Crippen molar-refractivity contribution in [3.05, 3.63) is 0 Å². The molecule has 0 fully saturated rings. The smallest absolute Gasteiger partial charge is 0.0880 e. The van der Waals surface area contributed by atoms with E-state index >= 15 is 0 Å². The minimum Gasteiger partial charge on any atom is -0.396 e. The van der Waals surface area contributed by atoms with E-state index in [-0.39, 0.29) is 13.2 Å². The second-order valence-electron chi connectivity index (χ2n) is 5.35. The molecule has 0 saturated carbocycles. The first-order valence-corrected chi connectivity index (χ1v) is 7.70. The van der Waals surface area contributed by atoms with Gasteiger partial charge in [-0.25, -0.2) is 0 Å². The first-order valence-electron chi connectivity index (χ1n) is 7.70. The van der Waals surface area contributed by atoms with E-state index in [1.807, 2.05) is 0 Å². The van der Waals surface area contributed by atoms with Crippen LogP contribution >= 0.6 is 0 Å². The first kappa shape index (κ1) is 18.8. The van der Waals surface area contributed by atoms with Crippen molar-refractivity contribution in [3.63, 3.8) is 0 Å². The molecular formula is C15H32O4. The molecule has 1 atom stereocenters. The van der Waals surface area contributed by atoms with Gasteiger partial charge in [-0.05, 0) is 38.5 Å². The van der Waals surface area contributed by atoms with Crippen LogP contribution in [0.4, 0.5) is 0 Å². The average molecular weight is 276 g/mol. The van der Waals surface area contributed by atoms with Crippen LogP contribution in [0.2, 0.25) is 0 Å². The van der Waals surface area contributed by atoms with Crippen LogP contribution in [0.5, 0.6) is 0 Å².